The molecule has 1 aromatic rings. The van der Waals surface area contributed by atoms with E-state index in [1.165, 1.54) is 16.0 Å². The van der Waals surface area contributed by atoms with Crippen LogP contribution in [0, 0.1) is 11.3 Å². The Morgan fingerprint density at radius 3 is 2.59 bits per heavy atom. The van der Waals surface area contributed by atoms with Gasteiger partial charge in [-0.25, -0.2) is 4.79 Å². The molecular weight excluding hydrogens is 344 g/mol. The van der Waals surface area contributed by atoms with E-state index in [2.05, 4.69) is 6.07 Å². The van der Waals surface area contributed by atoms with E-state index in [1.807, 2.05) is 18.2 Å². The Morgan fingerprint density at radius 1 is 1.11 bits per heavy atom. The molecule has 0 unspecified atom stereocenters. The van der Waals surface area contributed by atoms with Gasteiger partial charge in [-0.2, -0.15) is 5.26 Å². The third kappa shape index (κ3) is 4.41. The van der Waals surface area contributed by atoms with Crippen LogP contribution >= 0.6 is 0 Å². The molecule has 6 nitrogen and oxygen atoms in total. The topological polar surface area (TPSA) is 79.6 Å². The fraction of sp³-hybridized carbons (Fsp3) is 0.571. The maximum Gasteiger partial charge on any atom is 0.344 e. The number of benzene rings is 1. The van der Waals surface area contributed by atoms with Gasteiger partial charge in [0.25, 0.3) is 5.91 Å². The van der Waals surface area contributed by atoms with Crippen molar-refractivity contribution in [2.75, 3.05) is 20.3 Å². The molecule has 0 atom stereocenters. The molecule has 1 amide bonds. The minimum Gasteiger partial charge on any atom is -0.482 e. The Hall–Kier alpha value is -2.55. The molecule has 6 heteroatoms. The number of amides is 1. The van der Waals surface area contributed by atoms with Gasteiger partial charge in [0, 0.05) is 7.05 Å². The zero-order valence-electron chi connectivity index (χ0n) is 15.8. The summed E-state index contributed by atoms with van der Waals surface area (Å²) in [6, 6.07) is 8.15. The smallest absolute Gasteiger partial charge is 0.344 e. The van der Waals surface area contributed by atoms with Gasteiger partial charge >= 0.3 is 5.97 Å². The lowest BCUT2D eigenvalue weighted by Gasteiger charge is -2.38. The summed E-state index contributed by atoms with van der Waals surface area (Å²) >= 11 is 0. The first-order chi connectivity index (χ1) is 13.0. The minimum atomic E-state index is -0.775. The van der Waals surface area contributed by atoms with Gasteiger partial charge in [-0.05, 0) is 55.4 Å². The molecule has 0 bridgehead atoms. The summed E-state index contributed by atoms with van der Waals surface area (Å²) in [7, 11) is 1.62. The van der Waals surface area contributed by atoms with Crippen LogP contribution in [0.4, 0.5) is 0 Å². The SMILES string of the molecule is CN(C(=O)COC(=O)COc1ccc2c(c1)CCC2)C1(C#N)CCCCC1. The number of fused-ring (bicyclic) bond motifs is 1. The van der Waals surface area contributed by atoms with Gasteiger partial charge < -0.3 is 14.4 Å². The molecule has 144 valence electrons. The van der Waals surface area contributed by atoms with Crippen LogP contribution in [0.5, 0.6) is 5.75 Å². The maximum absolute atomic E-state index is 12.4. The Kier molecular flexibility index (Phi) is 6.00. The molecule has 0 spiro atoms. The van der Waals surface area contributed by atoms with Gasteiger partial charge in [-0.1, -0.05) is 25.3 Å². The summed E-state index contributed by atoms with van der Waals surface area (Å²) < 4.78 is 10.5. The number of aryl methyl sites for hydroxylation is 2. The molecule has 0 radical (unpaired) electrons. The average molecular weight is 370 g/mol. The summed E-state index contributed by atoms with van der Waals surface area (Å²) in [5.74, 6) is -0.307. The molecule has 3 rings (SSSR count). The van der Waals surface area contributed by atoms with E-state index < -0.39 is 11.5 Å². The number of likely N-dealkylation sites (N-methyl/N-ethyl adjacent to an activating group) is 1. The standard InChI is InChI=1S/C21H26N2O4/c1-23(21(15-22)10-3-2-4-11-21)19(24)13-27-20(25)14-26-18-9-8-16-6-5-7-17(16)12-18/h8-9,12H,2-7,10-11,13-14H2,1H3. The second-order valence-electron chi connectivity index (χ2n) is 7.39. The third-order valence-corrected chi connectivity index (χ3v) is 5.69. The van der Waals surface area contributed by atoms with Crippen molar-refractivity contribution in [1.82, 2.24) is 4.90 Å². The minimum absolute atomic E-state index is 0.237. The van der Waals surface area contributed by atoms with E-state index in [4.69, 9.17) is 9.47 Å². The van der Waals surface area contributed by atoms with Crippen molar-refractivity contribution in [1.29, 1.82) is 5.26 Å². The molecule has 0 N–H and O–H groups in total. The Balaban J connectivity index is 1.45. The lowest BCUT2D eigenvalue weighted by molar-refractivity contribution is -0.155. The average Bonchev–Trinajstić information content (AvgIpc) is 3.18. The summed E-state index contributed by atoms with van der Waals surface area (Å²) in [5.41, 5.74) is 1.84. The van der Waals surface area contributed by atoms with Crippen molar-refractivity contribution < 1.29 is 19.1 Å². The molecule has 0 aromatic heterocycles. The fourth-order valence-corrected chi connectivity index (χ4v) is 3.96. The van der Waals surface area contributed by atoms with Gasteiger partial charge in [0.2, 0.25) is 0 Å². The number of rotatable bonds is 6. The van der Waals surface area contributed by atoms with Crippen LogP contribution in [-0.4, -0.2) is 42.6 Å². The van der Waals surface area contributed by atoms with Crippen molar-refractivity contribution in [3.05, 3.63) is 29.3 Å². The molecule has 1 saturated carbocycles. The van der Waals surface area contributed by atoms with Crippen LogP contribution in [0.1, 0.15) is 49.7 Å². The van der Waals surface area contributed by atoms with Gasteiger partial charge in [0.1, 0.15) is 11.3 Å². The lowest BCUT2D eigenvalue weighted by Crippen LogP contribution is -2.51. The number of ether oxygens (including phenoxy) is 2. The van der Waals surface area contributed by atoms with Crippen molar-refractivity contribution in [3.63, 3.8) is 0 Å². The van der Waals surface area contributed by atoms with Gasteiger partial charge in [0.15, 0.2) is 13.2 Å². The van der Waals surface area contributed by atoms with Crippen molar-refractivity contribution in [3.8, 4) is 11.8 Å². The molecule has 0 heterocycles. The number of nitriles is 1. The van der Waals surface area contributed by atoms with Crippen LogP contribution in [-0.2, 0) is 27.2 Å². The first kappa shape index (κ1) is 19.2. The summed E-state index contributed by atoms with van der Waals surface area (Å²) in [6.45, 7) is -0.606. The molecule has 0 aliphatic heterocycles. The van der Waals surface area contributed by atoms with E-state index in [0.29, 0.717) is 18.6 Å². The monoisotopic (exact) mass is 370 g/mol. The zero-order chi connectivity index (χ0) is 19.3. The molecular formula is C21H26N2O4. The van der Waals surface area contributed by atoms with Crippen LogP contribution in [0.15, 0.2) is 18.2 Å². The van der Waals surface area contributed by atoms with E-state index in [1.54, 1.807) is 7.05 Å². The number of hydrogen-bond acceptors (Lipinski definition) is 5. The first-order valence-corrected chi connectivity index (χ1v) is 9.62. The Bertz CT molecular complexity index is 747. The van der Waals surface area contributed by atoms with Gasteiger partial charge in [-0.3, -0.25) is 4.79 Å². The van der Waals surface area contributed by atoms with Crippen molar-refractivity contribution in [2.24, 2.45) is 0 Å². The van der Waals surface area contributed by atoms with Crippen LogP contribution < -0.4 is 4.74 Å². The lowest BCUT2D eigenvalue weighted by atomic mass is 9.81. The molecule has 1 fully saturated rings. The van der Waals surface area contributed by atoms with Gasteiger partial charge in [0.05, 0.1) is 6.07 Å². The van der Waals surface area contributed by atoms with Crippen LogP contribution in [0.2, 0.25) is 0 Å². The fourth-order valence-electron chi connectivity index (χ4n) is 3.96. The highest BCUT2D eigenvalue weighted by Crippen LogP contribution is 2.32. The quantitative estimate of drug-likeness (QED) is 0.720. The molecule has 0 saturated heterocycles. The third-order valence-electron chi connectivity index (χ3n) is 5.69. The largest absolute Gasteiger partial charge is 0.482 e. The normalized spacial score (nSPS) is 17.5. The molecule has 2 aliphatic rings. The highest BCUT2D eigenvalue weighted by atomic mass is 16.6. The highest BCUT2D eigenvalue weighted by molar-refractivity contribution is 5.81. The second kappa shape index (κ2) is 8.43. The molecule has 1 aromatic carbocycles. The Morgan fingerprint density at radius 2 is 1.85 bits per heavy atom. The van der Waals surface area contributed by atoms with Crippen molar-refractivity contribution >= 4 is 11.9 Å². The first-order valence-electron chi connectivity index (χ1n) is 9.62. The predicted molar refractivity (Wildman–Crippen MR) is 99.1 cm³/mol. The number of carbonyl (C=O) groups excluding carboxylic acids is 2. The summed E-state index contributed by atoms with van der Waals surface area (Å²) in [5, 5.41) is 9.54. The van der Waals surface area contributed by atoms with E-state index >= 15 is 0 Å². The number of hydrogen-bond donors (Lipinski definition) is 0. The highest BCUT2D eigenvalue weighted by Gasteiger charge is 2.38. The van der Waals surface area contributed by atoms with E-state index in [9.17, 15) is 14.9 Å². The van der Waals surface area contributed by atoms with E-state index in [0.717, 1.165) is 38.5 Å². The maximum atomic E-state index is 12.4. The molecule has 2 aliphatic carbocycles. The Labute approximate surface area is 160 Å². The van der Waals surface area contributed by atoms with Crippen molar-refractivity contribution in [2.45, 2.75) is 56.9 Å². The zero-order valence-corrected chi connectivity index (χ0v) is 15.8. The predicted octanol–water partition coefficient (Wildman–Crippen LogP) is 2.78. The number of nitrogens with zero attached hydrogens (tertiary/aromatic N) is 2. The molecule has 27 heavy (non-hydrogen) atoms. The second-order valence-corrected chi connectivity index (χ2v) is 7.39. The summed E-state index contributed by atoms with van der Waals surface area (Å²) in [6.07, 6.45) is 7.57. The van der Waals surface area contributed by atoms with Crippen LogP contribution in [0.3, 0.4) is 0 Å². The van der Waals surface area contributed by atoms with Gasteiger partial charge in [-0.15, -0.1) is 0 Å². The van der Waals surface area contributed by atoms with Crippen LogP contribution in [0.25, 0.3) is 0 Å². The van der Waals surface area contributed by atoms with E-state index in [-0.39, 0.29) is 19.1 Å². The number of esters is 1. The number of carbonyl (C=O) groups is 2. The summed E-state index contributed by atoms with van der Waals surface area (Å²) in [4.78, 5) is 25.7.